The van der Waals surface area contributed by atoms with Crippen molar-refractivity contribution >= 4 is 5.91 Å². The minimum Gasteiger partial charge on any atom is -0.328 e. The molecule has 0 spiro atoms. The Labute approximate surface area is 99.6 Å². The summed E-state index contributed by atoms with van der Waals surface area (Å²) in [4.78, 5) is 14.0. The number of carbonyl (C=O) groups is 1. The zero-order chi connectivity index (χ0) is 12.1. The largest absolute Gasteiger partial charge is 0.328 e. The Bertz CT molecular complexity index is 228. The molecular weight excluding hydrogens is 200 g/mol. The molecule has 1 amide bonds. The van der Waals surface area contributed by atoms with Crippen LogP contribution in [0.5, 0.6) is 0 Å². The molecule has 0 saturated carbocycles. The summed E-state index contributed by atoms with van der Waals surface area (Å²) in [6.45, 7) is 10.5. The third kappa shape index (κ3) is 3.48. The van der Waals surface area contributed by atoms with Crippen LogP contribution < -0.4 is 5.32 Å². The van der Waals surface area contributed by atoms with Gasteiger partial charge >= 0.3 is 0 Å². The van der Waals surface area contributed by atoms with Crippen LogP contribution in [-0.4, -0.2) is 30.1 Å². The monoisotopic (exact) mass is 226 g/mol. The molecule has 0 aromatic heterocycles. The molecule has 2 unspecified atom stereocenters. The summed E-state index contributed by atoms with van der Waals surface area (Å²) in [7, 11) is 0. The zero-order valence-electron chi connectivity index (χ0n) is 11.1. The summed E-state index contributed by atoms with van der Waals surface area (Å²) in [5, 5.41) is 3.31. The zero-order valence-corrected chi connectivity index (χ0v) is 11.1. The Hall–Kier alpha value is -0.570. The fourth-order valence-corrected chi connectivity index (χ4v) is 1.95. The van der Waals surface area contributed by atoms with Gasteiger partial charge in [0.1, 0.15) is 0 Å². The predicted octanol–water partition coefficient (Wildman–Crippen LogP) is 2.23. The van der Waals surface area contributed by atoms with Gasteiger partial charge in [0.2, 0.25) is 5.91 Å². The molecule has 1 saturated heterocycles. The first-order valence-electron chi connectivity index (χ1n) is 6.58. The number of unbranched alkanes of at least 4 members (excludes halogenated alkanes) is 1. The first-order chi connectivity index (χ1) is 7.56. The minimum atomic E-state index is 0.0827. The van der Waals surface area contributed by atoms with Crippen molar-refractivity contribution in [1.29, 1.82) is 0 Å². The minimum absolute atomic E-state index is 0.0827. The predicted molar refractivity (Wildman–Crippen MR) is 67.0 cm³/mol. The molecule has 2 atom stereocenters. The van der Waals surface area contributed by atoms with Gasteiger partial charge in [-0.2, -0.15) is 0 Å². The highest BCUT2D eigenvalue weighted by molar-refractivity contribution is 5.83. The lowest BCUT2D eigenvalue weighted by atomic mass is 9.97. The van der Waals surface area contributed by atoms with Gasteiger partial charge in [0, 0.05) is 6.54 Å². The Morgan fingerprint density at radius 2 is 2.12 bits per heavy atom. The van der Waals surface area contributed by atoms with Gasteiger partial charge in [-0.15, -0.1) is 0 Å². The molecule has 94 valence electrons. The molecule has 1 rings (SSSR count). The highest BCUT2D eigenvalue weighted by atomic mass is 16.2. The van der Waals surface area contributed by atoms with Gasteiger partial charge < -0.3 is 4.90 Å². The van der Waals surface area contributed by atoms with Gasteiger partial charge in [0.15, 0.2) is 0 Å². The Morgan fingerprint density at radius 3 is 2.69 bits per heavy atom. The molecule has 3 heteroatoms. The van der Waals surface area contributed by atoms with Gasteiger partial charge in [-0.25, -0.2) is 0 Å². The van der Waals surface area contributed by atoms with Crippen molar-refractivity contribution in [3.05, 3.63) is 0 Å². The van der Waals surface area contributed by atoms with Crippen molar-refractivity contribution < 1.29 is 4.79 Å². The molecule has 0 aromatic carbocycles. The Balaban J connectivity index is 2.38. The molecule has 1 heterocycles. The van der Waals surface area contributed by atoms with Crippen LogP contribution in [0.4, 0.5) is 0 Å². The van der Waals surface area contributed by atoms with Gasteiger partial charge in [0.05, 0.1) is 12.7 Å². The highest BCUT2D eigenvalue weighted by Gasteiger charge is 2.31. The molecule has 1 aliphatic heterocycles. The van der Waals surface area contributed by atoms with Crippen molar-refractivity contribution in [2.75, 3.05) is 13.2 Å². The first kappa shape index (κ1) is 13.5. The second-order valence-corrected chi connectivity index (χ2v) is 5.34. The van der Waals surface area contributed by atoms with E-state index >= 15 is 0 Å². The molecule has 0 bridgehead atoms. The highest BCUT2D eigenvalue weighted by Crippen LogP contribution is 2.16. The second-order valence-electron chi connectivity index (χ2n) is 5.34. The summed E-state index contributed by atoms with van der Waals surface area (Å²) in [6.07, 6.45) is 3.28. The number of hydrogen-bond acceptors (Lipinski definition) is 2. The van der Waals surface area contributed by atoms with E-state index in [4.69, 9.17) is 0 Å². The maximum Gasteiger partial charge on any atom is 0.240 e. The summed E-state index contributed by atoms with van der Waals surface area (Å²) in [6, 6.07) is 0.0827. The Kier molecular flexibility index (Phi) is 5.26. The van der Waals surface area contributed by atoms with Gasteiger partial charge in [0.25, 0.3) is 0 Å². The van der Waals surface area contributed by atoms with E-state index < -0.39 is 0 Å². The van der Waals surface area contributed by atoms with Crippen LogP contribution >= 0.6 is 0 Å². The van der Waals surface area contributed by atoms with E-state index in [1.807, 2.05) is 4.90 Å². The maximum atomic E-state index is 12.0. The van der Waals surface area contributed by atoms with Crippen LogP contribution in [0.3, 0.4) is 0 Å². The standard InChI is InChI=1S/C13H26N2O/c1-5-6-7-12-13(16)15(9-14-12)8-11(4)10(2)3/h10-12,14H,5-9H2,1-4H3. The van der Waals surface area contributed by atoms with E-state index in [1.165, 1.54) is 0 Å². The lowest BCUT2D eigenvalue weighted by molar-refractivity contribution is -0.129. The summed E-state index contributed by atoms with van der Waals surface area (Å²) < 4.78 is 0. The topological polar surface area (TPSA) is 32.3 Å². The van der Waals surface area contributed by atoms with E-state index in [0.29, 0.717) is 17.7 Å². The quantitative estimate of drug-likeness (QED) is 0.753. The number of nitrogens with zero attached hydrogens (tertiary/aromatic N) is 1. The van der Waals surface area contributed by atoms with E-state index in [2.05, 4.69) is 33.0 Å². The second kappa shape index (κ2) is 6.24. The third-order valence-electron chi connectivity index (χ3n) is 3.63. The molecular formula is C13H26N2O. The number of amides is 1. The maximum absolute atomic E-state index is 12.0. The normalized spacial score (nSPS) is 23.2. The number of carbonyl (C=O) groups excluding carboxylic acids is 1. The average molecular weight is 226 g/mol. The molecule has 0 aliphatic carbocycles. The van der Waals surface area contributed by atoms with Crippen LogP contribution in [0.15, 0.2) is 0 Å². The van der Waals surface area contributed by atoms with E-state index in [0.717, 1.165) is 32.5 Å². The number of rotatable bonds is 6. The molecule has 0 aromatic rings. The van der Waals surface area contributed by atoms with Crippen LogP contribution in [0.25, 0.3) is 0 Å². The van der Waals surface area contributed by atoms with E-state index in [1.54, 1.807) is 0 Å². The smallest absolute Gasteiger partial charge is 0.240 e. The van der Waals surface area contributed by atoms with Gasteiger partial charge in [-0.05, 0) is 18.3 Å². The number of nitrogens with one attached hydrogen (secondary N) is 1. The molecule has 3 nitrogen and oxygen atoms in total. The van der Waals surface area contributed by atoms with Crippen LogP contribution in [0.2, 0.25) is 0 Å². The lowest BCUT2D eigenvalue weighted by Gasteiger charge is -2.23. The van der Waals surface area contributed by atoms with Crippen molar-refractivity contribution in [3.63, 3.8) is 0 Å². The van der Waals surface area contributed by atoms with Gasteiger partial charge in [-0.1, -0.05) is 40.5 Å². The molecule has 1 fully saturated rings. The van der Waals surface area contributed by atoms with Crippen LogP contribution in [0, 0.1) is 11.8 Å². The molecule has 1 N–H and O–H groups in total. The number of hydrogen-bond donors (Lipinski definition) is 1. The van der Waals surface area contributed by atoms with Crippen LogP contribution in [0.1, 0.15) is 47.0 Å². The van der Waals surface area contributed by atoms with Crippen molar-refractivity contribution in [2.45, 2.75) is 53.0 Å². The van der Waals surface area contributed by atoms with Gasteiger partial charge in [-0.3, -0.25) is 10.1 Å². The lowest BCUT2D eigenvalue weighted by Crippen LogP contribution is -2.34. The average Bonchev–Trinajstić information content (AvgIpc) is 2.57. The van der Waals surface area contributed by atoms with E-state index in [9.17, 15) is 4.79 Å². The summed E-state index contributed by atoms with van der Waals surface area (Å²) >= 11 is 0. The summed E-state index contributed by atoms with van der Waals surface area (Å²) in [5.74, 6) is 1.53. The van der Waals surface area contributed by atoms with Crippen LogP contribution in [-0.2, 0) is 4.79 Å². The van der Waals surface area contributed by atoms with Crippen molar-refractivity contribution in [3.8, 4) is 0 Å². The molecule has 0 radical (unpaired) electrons. The van der Waals surface area contributed by atoms with Crippen molar-refractivity contribution in [2.24, 2.45) is 11.8 Å². The Morgan fingerprint density at radius 1 is 1.44 bits per heavy atom. The first-order valence-corrected chi connectivity index (χ1v) is 6.58. The molecule has 1 aliphatic rings. The summed E-state index contributed by atoms with van der Waals surface area (Å²) in [5.41, 5.74) is 0. The SMILES string of the molecule is CCCCC1NCN(CC(C)C(C)C)C1=O. The fourth-order valence-electron chi connectivity index (χ4n) is 1.95. The fraction of sp³-hybridized carbons (Fsp3) is 0.923. The third-order valence-corrected chi connectivity index (χ3v) is 3.63. The van der Waals surface area contributed by atoms with E-state index in [-0.39, 0.29) is 6.04 Å². The van der Waals surface area contributed by atoms with Crippen molar-refractivity contribution in [1.82, 2.24) is 10.2 Å². The molecule has 16 heavy (non-hydrogen) atoms.